The lowest BCUT2D eigenvalue weighted by molar-refractivity contribution is -0.686. The molecular formula is C19H23N4O3+. The molecule has 0 spiro atoms. The van der Waals surface area contributed by atoms with Gasteiger partial charge in [0.1, 0.15) is 11.7 Å². The van der Waals surface area contributed by atoms with E-state index in [9.17, 15) is 9.59 Å². The van der Waals surface area contributed by atoms with Gasteiger partial charge >= 0.3 is 5.97 Å². The normalized spacial score (nSPS) is 14.9. The zero-order valence-corrected chi connectivity index (χ0v) is 14.8. The van der Waals surface area contributed by atoms with Crippen LogP contribution in [0.1, 0.15) is 24.8 Å². The van der Waals surface area contributed by atoms with Crippen molar-refractivity contribution in [3.8, 4) is 11.4 Å². The number of hydrogen-bond donors (Lipinski definition) is 2. The molecule has 0 unspecified atom stereocenters. The number of aryl methyl sites for hydroxylation is 3. The van der Waals surface area contributed by atoms with Crippen molar-refractivity contribution >= 4 is 11.9 Å². The smallest absolute Gasteiger partial charge is 0.320 e. The Hall–Kier alpha value is -2.80. The number of aliphatic carboxylic acids is 1. The Morgan fingerprint density at radius 2 is 2.19 bits per heavy atom. The highest BCUT2D eigenvalue weighted by Gasteiger charge is 2.20. The molecule has 0 radical (unpaired) electrons. The maximum atomic E-state index is 12.0. The van der Waals surface area contributed by atoms with Gasteiger partial charge in [0, 0.05) is 37.7 Å². The summed E-state index contributed by atoms with van der Waals surface area (Å²) in [5.74, 6) is -1.47. The molecule has 3 N–H and O–H groups in total. The van der Waals surface area contributed by atoms with Crippen molar-refractivity contribution in [3.63, 3.8) is 0 Å². The van der Waals surface area contributed by atoms with Gasteiger partial charge in [-0.3, -0.25) is 9.59 Å². The van der Waals surface area contributed by atoms with Crippen molar-refractivity contribution in [3.05, 3.63) is 47.6 Å². The first-order chi connectivity index (χ1) is 12.4. The SMILES string of the molecule is Cc1cc[n+]2c(c1)-c1cc(=NC(=O)CC[C@H](N)C(=O)O)ccn1CCC2. The molecule has 3 heterocycles. The fourth-order valence-corrected chi connectivity index (χ4v) is 3.07. The Balaban J connectivity index is 1.91. The Labute approximate surface area is 151 Å². The summed E-state index contributed by atoms with van der Waals surface area (Å²) in [4.78, 5) is 26.9. The minimum absolute atomic E-state index is 0.0160. The van der Waals surface area contributed by atoms with Crippen molar-refractivity contribution in [2.75, 3.05) is 0 Å². The summed E-state index contributed by atoms with van der Waals surface area (Å²) in [6.07, 6.45) is 5.16. The lowest BCUT2D eigenvalue weighted by Gasteiger charge is -2.08. The molecule has 0 aromatic carbocycles. The molecule has 1 amide bonds. The van der Waals surface area contributed by atoms with E-state index in [2.05, 4.69) is 39.4 Å². The highest BCUT2D eigenvalue weighted by Crippen LogP contribution is 2.18. The molecule has 0 bridgehead atoms. The van der Waals surface area contributed by atoms with Crippen LogP contribution in [0.25, 0.3) is 11.4 Å². The van der Waals surface area contributed by atoms with Gasteiger partial charge in [-0.05, 0) is 31.0 Å². The lowest BCUT2D eigenvalue weighted by atomic mass is 10.1. The zero-order chi connectivity index (χ0) is 18.7. The first-order valence-electron chi connectivity index (χ1n) is 8.71. The standard InChI is InChI=1S/C19H22N4O3/c1-13-5-9-22-7-2-8-23-10-6-14(12-17(23)16(22)11-13)21-18(24)4-3-15(20)19(25)26/h5-6,9-12,15H,2-4,7-8,20H2,1H3/p+1/t15-/m0/s1. The monoisotopic (exact) mass is 355 g/mol. The van der Waals surface area contributed by atoms with Gasteiger partial charge in [0.2, 0.25) is 11.6 Å². The average molecular weight is 355 g/mol. The van der Waals surface area contributed by atoms with E-state index in [4.69, 9.17) is 10.8 Å². The molecule has 26 heavy (non-hydrogen) atoms. The molecule has 3 rings (SSSR count). The lowest BCUT2D eigenvalue weighted by Crippen LogP contribution is -2.35. The largest absolute Gasteiger partial charge is 0.480 e. The minimum Gasteiger partial charge on any atom is -0.480 e. The van der Waals surface area contributed by atoms with Gasteiger partial charge in [-0.25, -0.2) is 4.99 Å². The number of carboxylic acids is 1. The van der Waals surface area contributed by atoms with Gasteiger partial charge in [-0.1, -0.05) is 0 Å². The number of amides is 1. The van der Waals surface area contributed by atoms with Crippen LogP contribution >= 0.6 is 0 Å². The third-order valence-electron chi connectivity index (χ3n) is 4.51. The fourth-order valence-electron chi connectivity index (χ4n) is 3.07. The van der Waals surface area contributed by atoms with E-state index in [0.29, 0.717) is 5.36 Å². The molecule has 136 valence electrons. The summed E-state index contributed by atoms with van der Waals surface area (Å²) < 4.78 is 4.38. The van der Waals surface area contributed by atoms with Crippen LogP contribution in [0.2, 0.25) is 0 Å². The summed E-state index contributed by atoms with van der Waals surface area (Å²) in [5.41, 5.74) is 8.72. The second-order valence-electron chi connectivity index (χ2n) is 6.59. The second kappa shape index (κ2) is 7.61. The van der Waals surface area contributed by atoms with E-state index in [0.717, 1.165) is 30.9 Å². The van der Waals surface area contributed by atoms with E-state index in [1.165, 1.54) is 5.56 Å². The van der Waals surface area contributed by atoms with Crippen molar-refractivity contribution in [1.82, 2.24) is 4.57 Å². The van der Waals surface area contributed by atoms with Crippen LogP contribution in [0.4, 0.5) is 0 Å². The maximum Gasteiger partial charge on any atom is 0.320 e. The van der Waals surface area contributed by atoms with Crippen molar-refractivity contribution in [2.24, 2.45) is 10.7 Å². The van der Waals surface area contributed by atoms with Crippen LogP contribution in [0.3, 0.4) is 0 Å². The third kappa shape index (κ3) is 4.05. The van der Waals surface area contributed by atoms with Crippen molar-refractivity contribution in [2.45, 2.75) is 45.3 Å². The number of carboxylic acid groups (broad SMARTS) is 1. The Kier molecular flexibility index (Phi) is 5.27. The van der Waals surface area contributed by atoms with Crippen LogP contribution in [0.5, 0.6) is 0 Å². The molecule has 1 atom stereocenters. The highest BCUT2D eigenvalue weighted by atomic mass is 16.4. The van der Waals surface area contributed by atoms with Gasteiger partial charge in [0.25, 0.3) is 0 Å². The molecule has 7 nitrogen and oxygen atoms in total. The summed E-state index contributed by atoms with van der Waals surface area (Å²) in [6.45, 7) is 3.90. The molecule has 0 saturated heterocycles. The Morgan fingerprint density at radius 1 is 1.38 bits per heavy atom. The van der Waals surface area contributed by atoms with E-state index in [1.807, 2.05) is 18.3 Å². The maximum absolute atomic E-state index is 12.0. The highest BCUT2D eigenvalue weighted by molar-refractivity contribution is 5.79. The Morgan fingerprint density at radius 3 is 2.96 bits per heavy atom. The van der Waals surface area contributed by atoms with E-state index >= 15 is 0 Å². The number of pyridine rings is 2. The summed E-state index contributed by atoms with van der Waals surface area (Å²) >= 11 is 0. The van der Waals surface area contributed by atoms with Gasteiger partial charge < -0.3 is 15.4 Å². The van der Waals surface area contributed by atoms with Crippen molar-refractivity contribution < 1.29 is 19.3 Å². The first kappa shape index (κ1) is 18.0. The van der Waals surface area contributed by atoms with E-state index in [1.54, 1.807) is 0 Å². The van der Waals surface area contributed by atoms with Crippen LogP contribution in [-0.4, -0.2) is 27.6 Å². The Bertz CT molecular complexity index is 917. The van der Waals surface area contributed by atoms with E-state index in [-0.39, 0.29) is 18.7 Å². The van der Waals surface area contributed by atoms with Crippen LogP contribution in [-0.2, 0) is 22.7 Å². The van der Waals surface area contributed by atoms with Crippen LogP contribution < -0.4 is 15.7 Å². The quantitative estimate of drug-likeness (QED) is 0.791. The molecule has 7 heteroatoms. The number of nitrogens with two attached hydrogens (primary N) is 1. The van der Waals surface area contributed by atoms with Crippen molar-refractivity contribution in [1.29, 1.82) is 0 Å². The number of nitrogens with zero attached hydrogens (tertiary/aromatic N) is 3. The molecule has 0 fully saturated rings. The topological polar surface area (TPSA) is 102 Å². The summed E-state index contributed by atoms with van der Waals surface area (Å²) in [6, 6.07) is 6.90. The second-order valence-corrected chi connectivity index (χ2v) is 6.59. The van der Waals surface area contributed by atoms with Gasteiger partial charge in [0.05, 0.1) is 5.36 Å². The fraction of sp³-hybridized carbons (Fsp3) is 0.368. The zero-order valence-electron chi connectivity index (χ0n) is 14.8. The summed E-state index contributed by atoms with van der Waals surface area (Å²) in [5, 5.41) is 9.36. The minimum atomic E-state index is -1.11. The van der Waals surface area contributed by atoms with Gasteiger partial charge in [-0.15, -0.1) is 0 Å². The first-order valence-corrected chi connectivity index (χ1v) is 8.71. The number of aromatic nitrogens is 2. The van der Waals surface area contributed by atoms with Crippen LogP contribution in [0, 0.1) is 6.92 Å². The number of carbonyl (C=O) groups is 2. The molecule has 0 saturated carbocycles. The van der Waals surface area contributed by atoms with Gasteiger partial charge in [-0.2, -0.15) is 4.57 Å². The number of fused-ring (bicyclic) bond motifs is 3. The molecule has 2 aromatic rings. The molecular weight excluding hydrogens is 332 g/mol. The molecule has 0 aliphatic carbocycles. The molecule has 2 aromatic heterocycles. The summed E-state index contributed by atoms with van der Waals surface area (Å²) in [7, 11) is 0. The molecule has 1 aliphatic rings. The van der Waals surface area contributed by atoms with E-state index < -0.39 is 12.0 Å². The predicted octanol–water partition coefficient (Wildman–Crippen LogP) is 0.774. The third-order valence-corrected chi connectivity index (χ3v) is 4.51. The molecule has 1 aliphatic heterocycles. The average Bonchev–Trinajstić information content (AvgIpc) is 2.78. The predicted molar refractivity (Wildman–Crippen MR) is 94.8 cm³/mol. The number of hydrogen-bond acceptors (Lipinski definition) is 3. The number of carbonyl (C=O) groups excluding carboxylic acids is 1. The van der Waals surface area contributed by atoms with Gasteiger partial charge in [0.15, 0.2) is 12.7 Å². The number of rotatable bonds is 4. The van der Waals surface area contributed by atoms with Crippen LogP contribution in [0.15, 0.2) is 41.7 Å².